The molecule has 0 radical (unpaired) electrons. The first-order chi connectivity index (χ1) is 6.36. The van der Waals surface area contributed by atoms with E-state index in [2.05, 4.69) is 15.9 Å². The SMILES string of the molecule is Nc1cc(CO)c(Br)c(C(F)(F)F)c1. The lowest BCUT2D eigenvalue weighted by Gasteiger charge is -2.12. The summed E-state index contributed by atoms with van der Waals surface area (Å²) in [4.78, 5) is 0. The van der Waals surface area contributed by atoms with Crippen LogP contribution < -0.4 is 5.73 Å². The maximum Gasteiger partial charge on any atom is 0.417 e. The van der Waals surface area contributed by atoms with Crippen molar-refractivity contribution in [2.45, 2.75) is 12.8 Å². The van der Waals surface area contributed by atoms with Gasteiger partial charge in [-0.3, -0.25) is 0 Å². The lowest BCUT2D eigenvalue weighted by atomic mass is 10.1. The molecule has 0 aliphatic rings. The maximum absolute atomic E-state index is 12.4. The minimum absolute atomic E-state index is 0.0235. The minimum atomic E-state index is -4.47. The average molecular weight is 270 g/mol. The topological polar surface area (TPSA) is 46.2 Å². The Morgan fingerprint density at radius 3 is 2.36 bits per heavy atom. The molecule has 78 valence electrons. The molecule has 3 N–H and O–H groups in total. The molecule has 1 rings (SSSR count). The fourth-order valence-electron chi connectivity index (χ4n) is 1.03. The van der Waals surface area contributed by atoms with Crippen molar-refractivity contribution in [2.24, 2.45) is 0 Å². The van der Waals surface area contributed by atoms with E-state index in [9.17, 15) is 13.2 Å². The van der Waals surface area contributed by atoms with Gasteiger partial charge in [0.1, 0.15) is 0 Å². The molecule has 2 nitrogen and oxygen atoms in total. The normalized spacial score (nSPS) is 11.8. The van der Waals surface area contributed by atoms with Gasteiger partial charge in [-0.05, 0) is 33.6 Å². The van der Waals surface area contributed by atoms with Crippen LogP contribution in [0.5, 0.6) is 0 Å². The molecule has 0 unspecified atom stereocenters. The molecule has 0 heterocycles. The standard InChI is InChI=1S/C8H7BrF3NO/c9-7-4(3-14)1-5(13)2-6(7)8(10,11)12/h1-2,14H,3,13H2. The number of benzene rings is 1. The highest BCUT2D eigenvalue weighted by molar-refractivity contribution is 9.10. The molecule has 0 saturated carbocycles. The molecule has 0 bridgehead atoms. The minimum Gasteiger partial charge on any atom is -0.399 e. The third-order valence-electron chi connectivity index (χ3n) is 1.65. The summed E-state index contributed by atoms with van der Waals surface area (Å²) >= 11 is 2.78. The van der Waals surface area contributed by atoms with E-state index < -0.39 is 18.3 Å². The Labute approximate surface area is 86.7 Å². The van der Waals surface area contributed by atoms with Gasteiger partial charge in [0.2, 0.25) is 0 Å². The van der Waals surface area contributed by atoms with E-state index in [1.54, 1.807) is 0 Å². The molecule has 0 spiro atoms. The van der Waals surface area contributed by atoms with Crippen LogP contribution in [0, 0.1) is 0 Å². The van der Waals surface area contributed by atoms with Crippen molar-refractivity contribution in [3.05, 3.63) is 27.7 Å². The number of nitrogens with two attached hydrogens (primary N) is 1. The van der Waals surface area contributed by atoms with Gasteiger partial charge in [0, 0.05) is 10.2 Å². The van der Waals surface area contributed by atoms with E-state index >= 15 is 0 Å². The van der Waals surface area contributed by atoms with Crippen molar-refractivity contribution >= 4 is 21.6 Å². The van der Waals surface area contributed by atoms with Gasteiger partial charge in [-0.15, -0.1) is 0 Å². The van der Waals surface area contributed by atoms with Gasteiger partial charge in [-0.1, -0.05) is 0 Å². The number of rotatable bonds is 1. The molecule has 0 fully saturated rings. The predicted molar refractivity (Wildman–Crippen MR) is 49.5 cm³/mol. The zero-order chi connectivity index (χ0) is 10.9. The highest BCUT2D eigenvalue weighted by atomic mass is 79.9. The fraction of sp³-hybridized carbons (Fsp3) is 0.250. The van der Waals surface area contributed by atoms with Gasteiger partial charge < -0.3 is 10.8 Å². The zero-order valence-corrected chi connectivity index (χ0v) is 8.48. The number of aliphatic hydroxyl groups is 1. The van der Waals surface area contributed by atoms with Crippen LogP contribution in [0.3, 0.4) is 0 Å². The van der Waals surface area contributed by atoms with Crippen LogP contribution in [0.4, 0.5) is 18.9 Å². The average Bonchev–Trinajstić information content (AvgIpc) is 2.06. The first-order valence-electron chi connectivity index (χ1n) is 3.62. The van der Waals surface area contributed by atoms with Gasteiger partial charge in [0.05, 0.1) is 12.2 Å². The number of alkyl halides is 3. The Hall–Kier alpha value is -0.750. The second-order valence-electron chi connectivity index (χ2n) is 2.70. The van der Waals surface area contributed by atoms with Crippen molar-refractivity contribution in [1.29, 1.82) is 0 Å². The lowest BCUT2D eigenvalue weighted by Crippen LogP contribution is -2.08. The molecule has 0 aliphatic heterocycles. The molecule has 0 aromatic heterocycles. The van der Waals surface area contributed by atoms with Crippen LogP contribution >= 0.6 is 15.9 Å². The quantitative estimate of drug-likeness (QED) is 0.770. The van der Waals surface area contributed by atoms with Crippen LogP contribution in [0.2, 0.25) is 0 Å². The monoisotopic (exact) mass is 269 g/mol. The predicted octanol–water partition coefficient (Wildman–Crippen LogP) is 2.54. The molecule has 14 heavy (non-hydrogen) atoms. The van der Waals surface area contributed by atoms with Crippen LogP contribution in [-0.2, 0) is 12.8 Å². The molecule has 0 atom stereocenters. The number of nitrogen functional groups attached to an aromatic ring is 1. The third kappa shape index (κ3) is 2.19. The van der Waals surface area contributed by atoms with E-state index in [1.807, 2.05) is 0 Å². The van der Waals surface area contributed by atoms with Crippen molar-refractivity contribution in [2.75, 3.05) is 5.73 Å². The Morgan fingerprint density at radius 2 is 1.93 bits per heavy atom. The van der Waals surface area contributed by atoms with Gasteiger partial charge in [-0.2, -0.15) is 13.2 Å². The number of aliphatic hydroxyl groups excluding tert-OH is 1. The Balaban J connectivity index is 3.37. The van der Waals surface area contributed by atoms with Crippen molar-refractivity contribution in [3.8, 4) is 0 Å². The summed E-state index contributed by atoms with van der Waals surface area (Å²) in [6, 6.07) is 2.11. The second-order valence-corrected chi connectivity index (χ2v) is 3.49. The second kappa shape index (κ2) is 3.78. The summed E-state index contributed by atoms with van der Waals surface area (Å²) < 4.78 is 37.0. The van der Waals surface area contributed by atoms with E-state index in [0.29, 0.717) is 0 Å². The molecule has 0 aliphatic carbocycles. The van der Waals surface area contributed by atoms with Crippen LogP contribution in [0.1, 0.15) is 11.1 Å². The first kappa shape index (κ1) is 11.3. The Bertz CT molecular complexity index is 351. The molecule has 6 heteroatoms. The van der Waals surface area contributed by atoms with Crippen molar-refractivity contribution in [3.63, 3.8) is 0 Å². The summed E-state index contributed by atoms with van der Waals surface area (Å²) in [6.07, 6.45) is -4.47. The summed E-state index contributed by atoms with van der Waals surface area (Å²) in [5.41, 5.74) is 4.49. The van der Waals surface area contributed by atoms with Crippen molar-refractivity contribution in [1.82, 2.24) is 0 Å². The smallest absolute Gasteiger partial charge is 0.399 e. The third-order valence-corrected chi connectivity index (χ3v) is 2.58. The highest BCUT2D eigenvalue weighted by Crippen LogP contribution is 2.37. The number of hydrogen-bond donors (Lipinski definition) is 2. The van der Waals surface area contributed by atoms with E-state index in [1.165, 1.54) is 6.07 Å². The van der Waals surface area contributed by atoms with E-state index in [0.717, 1.165) is 6.07 Å². The fourth-order valence-corrected chi connectivity index (χ4v) is 1.61. The Morgan fingerprint density at radius 1 is 1.36 bits per heavy atom. The lowest BCUT2D eigenvalue weighted by molar-refractivity contribution is -0.138. The van der Waals surface area contributed by atoms with Gasteiger partial charge in [-0.25, -0.2) is 0 Å². The van der Waals surface area contributed by atoms with Gasteiger partial charge in [0.15, 0.2) is 0 Å². The van der Waals surface area contributed by atoms with Crippen LogP contribution in [0.15, 0.2) is 16.6 Å². The molecular formula is C8H7BrF3NO. The number of anilines is 1. The highest BCUT2D eigenvalue weighted by Gasteiger charge is 2.34. The van der Waals surface area contributed by atoms with E-state index in [-0.39, 0.29) is 15.7 Å². The van der Waals surface area contributed by atoms with Gasteiger partial charge >= 0.3 is 6.18 Å². The summed E-state index contributed by atoms with van der Waals surface area (Å²) in [6.45, 7) is -0.491. The molecule has 1 aromatic carbocycles. The number of hydrogen-bond acceptors (Lipinski definition) is 2. The maximum atomic E-state index is 12.4. The zero-order valence-electron chi connectivity index (χ0n) is 6.90. The summed E-state index contributed by atoms with van der Waals surface area (Å²) in [5, 5.41) is 8.78. The van der Waals surface area contributed by atoms with Crippen molar-refractivity contribution < 1.29 is 18.3 Å². The molecule has 0 amide bonds. The van der Waals surface area contributed by atoms with E-state index in [4.69, 9.17) is 10.8 Å². The largest absolute Gasteiger partial charge is 0.417 e. The van der Waals surface area contributed by atoms with Gasteiger partial charge in [0.25, 0.3) is 0 Å². The molecule has 1 aromatic rings. The van der Waals surface area contributed by atoms with Crippen LogP contribution in [-0.4, -0.2) is 5.11 Å². The number of halogens is 4. The summed E-state index contributed by atoms with van der Waals surface area (Å²) in [7, 11) is 0. The van der Waals surface area contributed by atoms with Crippen LogP contribution in [0.25, 0.3) is 0 Å². The summed E-state index contributed by atoms with van der Waals surface area (Å²) in [5.74, 6) is 0. The molecule has 0 saturated heterocycles. The first-order valence-corrected chi connectivity index (χ1v) is 4.41. The Kier molecular flexibility index (Phi) is 3.06. The molecular weight excluding hydrogens is 263 g/mol.